The first-order valence-corrected chi connectivity index (χ1v) is 14.2. The van der Waals surface area contributed by atoms with Gasteiger partial charge in [0.2, 0.25) is 0 Å². The van der Waals surface area contributed by atoms with Gasteiger partial charge in [-0.2, -0.15) is 0 Å². The molecule has 0 aromatic carbocycles. The summed E-state index contributed by atoms with van der Waals surface area (Å²) in [6.07, 6.45) is -25.3. The Bertz CT molecular complexity index is 962. The van der Waals surface area contributed by atoms with Gasteiger partial charge in [-0.1, -0.05) is 6.08 Å². The van der Waals surface area contributed by atoms with Gasteiger partial charge in [0, 0.05) is 0 Å². The Hall–Kier alpha value is -1.02. The van der Waals surface area contributed by atoms with Crippen molar-refractivity contribution >= 4 is 0 Å². The standard InChI is InChI=1S/C25H44N2O17/c1-6-11(27-8-2-7(3-28)12(31)15(34)13(8)32)14(33)19(38)24(40-6)43-22-10(5-30)42-25(20(39)17(22)36)44-21-9(4-29)41-23(26)18(37)16(21)35/h2,6,8-25,27-39H,3-5,26H2,1H3/t6?,8-,9?,10?,11+,12+,13?,14-,15-,16+,17+,18?,19?,20?,21+,22+,23?,24+,25+/m1/s1. The third-order valence-electron chi connectivity index (χ3n) is 8.54. The Balaban J connectivity index is 1.42. The van der Waals surface area contributed by atoms with E-state index in [4.69, 9.17) is 29.4 Å². The van der Waals surface area contributed by atoms with Gasteiger partial charge in [0.05, 0.1) is 38.0 Å². The lowest BCUT2D eigenvalue weighted by atomic mass is 9.86. The molecule has 44 heavy (non-hydrogen) atoms. The first kappa shape index (κ1) is 35.8. The minimum Gasteiger partial charge on any atom is -0.394 e. The van der Waals surface area contributed by atoms with Crippen molar-refractivity contribution in [1.82, 2.24) is 5.32 Å². The monoisotopic (exact) mass is 644 g/mol. The quantitative estimate of drug-likeness (QED) is 0.104. The van der Waals surface area contributed by atoms with Crippen LogP contribution >= 0.6 is 0 Å². The molecule has 15 N–H and O–H groups in total. The lowest BCUT2D eigenvalue weighted by Gasteiger charge is -2.48. The van der Waals surface area contributed by atoms with Crippen LogP contribution in [0.1, 0.15) is 6.92 Å². The van der Waals surface area contributed by atoms with E-state index in [2.05, 4.69) is 5.32 Å². The molecule has 19 nitrogen and oxygen atoms in total. The van der Waals surface area contributed by atoms with E-state index in [0.717, 1.165) is 0 Å². The molecule has 19 heteroatoms. The Labute approximate surface area is 251 Å². The van der Waals surface area contributed by atoms with E-state index >= 15 is 0 Å². The van der Waals surface area contributed by atoms with Gasteiger partial charge in [0.25, 0.3) is 0 Å². The van der Waals surface area contributed by atoms with Gasteiger partial charge >= 0.3 is 0 Å². The van der Waals surface area contributed by atoms with E-state index in [-0.39, 0.29) is 5.57 Å². The fourth-order valence-electron chi connectivity index (χ4n) is 5.86. The molecular formula is C25H44N2O17. The maximum Gasteiger partial charge on any atom is 0.187 e. The average molecular weight is 645 g/mol. The van der Waals surface area contributed by atoms with Gasteiger partial charge < -0.3 is 96.0 Å². The largest absolute Gasteiger partial charge is 0.394 e. The smallest absolute Gasteiger partial charge is 0.187 e. The second kappa shape index (κ2) is 14.8. The lowest BCUT2D eigenvalue weighted by Crippen LogP contribution is -2.68. The zero-order chi connectivity index (χ0) is 32.6. The van der Waals surface area contributed by atoms with E-state index in [0.29, 0.717) is 0 Å². The molecule has 256 valence electrons. The summed E-state index contributed by atoms with van der Waals surface area (Å²) in [5.74, 6) is 0. The van der Waals surface area contributed by atoms with E-state index in [9.17, 15) is 61.3 Å². The van der Waals surface area contributed by atoms with E-state index in [1.165, 1.54) is 13.0 Å². The molecule has 4 rings (SSSR count). The summed E-state index contributed by atoms with van der Waals surface area (Å²) in [6.45, 7) is -0.639. The Morgan fingerprint density at radius 3 is 1.77 bits per heavy atom. The molecular weight excluding hydrogens is 600 g/mol. The second-order valence-electron chi connectivity index (χ2n) is 11.4. The minimum absolute atomic E-state index is 0.0280. The molecule has 0 aromatic heterocycles. The van der Waals surface area contributed by atoms with Gasteiger partial charge in [0.15, 0.2) is 12.6 Å². The van der Waals surface area contributed by atoms with Gasteiger partial charge in [-0.3, -0.25) is 0 Å². The Morgan fingerprint density at radius 1 is 0.682 bits per heavy atom. The summed E-state index contributed by atoms with van der Waals surface area (Å²) in [5.41, 5.74) is 5.61. The fraction of sp³-hybridized carbons (Fsp3) is 0.920. The number of hydrogen-bond donors (Lipinski definition) is 14. The molecule has 0 radical (unpaired) electrons. The van der Waals surface area contributed by atoms with Crippen molar-refractivity contribution < 1.29 is 85.0 Å². The van der Waals surface area contributed by atoms with Crippen LogP contribution in [-0.4, -0.2) is 197 Å². The second-order valence-corrected chi connectivity index (χ2v) is 11.4. The van der Waals surface area contributed by atoms with E-state index in [1.807, 2.05) is 0 Å². The van der Waals surface area contributed by atoms with Crippen molar-refractivity contribution in [1.29, 1.82) is 0 Å². The maximum absolute atomic E-state index is 10.9. The van der Waals surface area contributed by atoms with Gasteiger partial charge in [0.1, 0.15) is 85.6 Å². The minimum atomic E-state index is -1.90. The number of ether oxygens (including phenoxy) is 5. The number of nitrogens with one attached hydrogen (secondary N) is 1. The Morgan fingerprint density at radius 2 is 1.20 bits per heavy atom. The predicted octanol–water partition coefficient (Wildman–Crippen LogP) is -8.60. The van der Waals surface area contributed by atoms with Gasteiger partial charge in [-0.25, -0.2) is 0 Å². The number of rotatable bonds is 9. The predicted molar refractivity (Wildman–Crippen MR) is 140 cm³/mol. The van der Waals surface area contributed by atoms with Crippen LogP contribution in [-0.2, 0) is 23.7 Å². The highest BCUT2D eigenvalue weighted by atomic mass is 16.7. The van der Waals surface area contributed by atoms with Crippen molar-refractivity contribution in [2.75, 3.05) is 19.8 Å². The lowest BCUT2D eigenvalue weighted by molar-refractivity contribution is -0.367. The van der Waals surface area contributed by atoms with Crippen LogP contribution < -0.4 is 11.1 Å². The number of hydrogen-bond acceptors (Lipinski definition) is 19. The molecule has 4 aliphatic rings. The topological polar surface area (TPSA) is 327 Å². The van der Waals surface area contributed by atoms with Crippen LogP contribution in [0.2, 0.25) is 0 Å². The molecule has 0 spiro atoms. The summed E-state index contributed by atoms with van der Waals surface area (Å²) in [4.78, 5) is 0. The summed E-state index contributed by atoms with van der Waals surface area (Å²) in [6, 6.07) is -2.15. The molecule has 1 aliphatic carbocycles. The van der Waals surface area contributed by atoms with Crippen molar-refractivity contribution in [2.45, 2.75) is 123 Å². The molecule has 3 heterocycles. The van der Waals surface area contributed by atoms with Crippen LogP contribution in [0.25, 0.3) is 0 Å². The van der Waals surface area contributed by atoms with E-state index in [1.54, 1.807) is 0 Å². The van der Waals surface area contributed by atoms with E-state index < -0.39 is 136 Å². The molecule has 8 unspecified atom stereocenters. The third-order valence-corrected chi connectivity index (χ3v) is 8.54. The van der Waals surface area contributed by atoms with Crippen molar-refractivity contribution in [2.24, 2.45) is 5.73 Å². The first-order valence-electron chi connectivity index (χ1n) is 14.2. The molecule has 0 bridgehead atoms. The molecule has 0 amide bonds. The highest BCUT2D eigenvalue weighted by Crippen LogP contribution is 2.32. The molecule has 0 saturated carbocycles. The summed E-state index contributed by atoms with van der Waals surface area (Å²) >= 11 is 0. The van der Waals surface area contributed by atoms with Gasteiger partial charge in [-0.15, -0.1) is 0 Å². The third kappa shape index (κ3) is 6.96. The molecule has 3 fully saturated rings. The first-order chi connectivity index (χ1) is 20.7. The normalized spacial score (nSPS) is 52.0. The van der Waals surface area contributed by atoms with Crippen LogP contribution in [0, 0.1) is 0 Å². The number of nitrogens with two attached hydrogens (primary N) is 1. The molecule has 3 aliphatic heterocycles. The van der Waals surface area contributed by atoms with Crippen molar-refractivity contribution in [3.05, 3.63) is 11.6 Å². The van der Waals surface area contributed by atoms with Crippen molar-refractivity contribution in [3.63, 3.8) is 0 Å². The molecule has 0 aromatic rings. The maximum atomic E-state index is 10.9. The SMILES string of the molecule is CC1O[C@@H](O[C@H]2C(CO)O[C@@H](O[C@H]3C(CO)OC(N)C(O)[C@@H]3O)C(O)[C@@H]2O)C(O)[C@H](O)[C@H]1N[C@@H]1C=C(CO)[C@H](O)[C@@H](O)C1O. The highest BCUT2D eigenvalue weighted by molar-refractivity contribution is 5.22. The number of aliphatic hydroxyl groups excluding tert-OH is 12. The van der Waals surface area contributed by atoms with Crippen LogP contribution in [0.15, 0.2) is 11.6 Å². The number of aliphatic hydroxyl groups is 12. The average Bonchev–Trinajstić information content (AvgIpc) is 3.00. The molecule has 19 atom stereocenters. The van der Waals surface area contributed by atoms with Gasteiger partial charge in [-0.05, 0) is 12.5 Å². The zero-order valence-electron chi connectivity index (χ0n) is 23.7. The summed E-state index contributed by atoms with van der Waals surface area (Å²) in [7, 11) is 0. The summed E-state index contributed by atoms with van der Waals surface area (Å²) in [5, 5.41) is 126. The fourth-order valence-corrected chi connectivity index (χ4v) is 5.86. The summed E-state index contributed by atoms with van der Waals surface area (Å²) < 4.78 is 27.7. The zero-order valence-corrected chi connectivity index (χ0v) is 23.7. The van der Waals surface area contributed by atoms with Crippen LogP contribution in [0.5, 0.6) is 0 Å². The molecule has 3 saturated heterocycles. The van der Waals surface area contributed by atoms with Crippen molar-refractivity contribution in [3.8, 4) is 0 Å². The van der Waals surface area contributed by atoms with Crippen LogP contribution in [0.3, 0.4) is 0 Å². The highest BCUT2D eigenvalue weighted by Gasteiger charge is 2.53. The Kier molecular flexibility index (Phi) is 12.1. The van der Waals surface area contributed by atoms with Crippen LogP contribution in [0.4, 0.5) is 0 Å².